The quantitative estimate of drug-likeness (QED) is 0.875. The summed E-state index contributed by atoms with van der Waals surface area (Å²) in [6.45, 7) is 0.442. The highest BCUT2D eigenvalue weighted by molar-refractivity contribution is 7.89. The summed E-state index contributed by atoms with van der Waals surface area (Å²) >= 11 is 0. The molecule has 1 saturated carbocycles. The highest BCUT2D eigenvalue weighted by Gasteiger charge is 2.29. The molecule has 1 aliphatic rings. The van der Waals surface area contributed by atoms with Crippen molar-refractivity contribution in [3.05, 3.63) is 29.8 Å². The van der Waals surface area contributed by atoms with Gasteiger partial charge in [0.05, 0.1) is 4.90 Å². The van der Waals surface area contributed by atoms with Crippen LogP contribution in [-0.2, 0) is 21.4 Å². The first-order chi connectivity index (χ1) is 8.91. The van der Waals surface area contributed by atoms with Gasteiger partial charge in [0.25, 0.3) is 0 Å². The second-order valence-electron chi connectivity index (χ2n) is 4.92. The number of hydrogen-bond donors (Lipinski definition) is 1. The van der Waals surface area contributed by atoms with Gasteiger partial charge in [-0.05, 0) is 30.5 Å². The maximum atomic E-state index is 11.9. The van der Waals surface area contributed by atoms with E-state index in [1.54, 1.807) is 24.3 Å². The van der Waals surface area contributed by atoms with Crippen LogP contribution in [0.5, 0.6) is 0 Å². The van der Waals surface area contributed by atoms with Crippen molar-refractivity contribution in [2.75, 3.05) is 14.1 Å². The van der Waals surface area contributed by atoms with Crippen LogP contribution in [0.25, 0.3) is 0 Å². The molecule has 0 radical (unpaired) electrons. The standard InChI is InChI=1S/C13H18N2O3S/c1-15(2)19(17,18)12-7-3-10(4-8-12)9-14-13(16)11-5-6-11/h3-4,7-8,11H,5-6,9H2,1-2H3,(H,14,16). The number of amides is 1. The largest absolute Gasteiger partial charge is 0.352 e. The number of carbonyl (C=O) groups is 1. The number of carbonyl (C=O) groups excluding carboxylic acids is 1. The Morgan fingerprint density at radius 3 is 2.32 bits per heavy atom. The second-order valence-corrected chi connectivity index (χ2v) is 7.08. The highest BCUT2D eigenvalue weighted by atomic mass is 32.2. The smallest absolute Gasteiger partial charge is 0.242 e. The third kappa shape index (κ3) is 3.33. The Morgan fingerprint density at radius 2 is 1.84 bits per heavy atom. The van der Waals surface area contributed by atoms with Gasteiger partial charge in [0.1, 0.15) is 0 Å². The van der Waals surface area contributed by atoms with Crippen molar-refractivity contribution in [2.45, 2.75) is 24.3 Å². The van der Waals surface area contributed by atoms with E-state index in [1.165, 1.54) is 18.4 Å². The first-order valence-corrected chi connectivity index (χ1v) is 7.64. The minimum absolute atomic E-state index is 0.0880. The predicted molar refractivity (Wildman–Crippen MR) is 71.9 cm³/mol. The van der Waals surface area contributed by atoms with Crippen molar-refractivity contribution in [1.29, 1.82) is 0 Å². The molecule has 2 rings (SSSR count). The van der Waals surface area contributed by atoms with Crippen LogP contribution >= 0.6 is 0 Å². The summed E-state index contributed by atoms with van der Waals surface area (Å²) in [6.07, 6.45) is 1.96. The third-order valence-corrected chi connectivity index (χ3v) is 4.95. The molecular formula is C13H18N2O3S. The minimum Gasteiger partial charge on any atom is -0.352 e. The predicted octanol–water partition coefficient (Wildman–Crippen LogP) is 0.963. The summed E-state index contributed by atoms with van der Waals surface area (Å²) in [7, 11) is -0.384. The fourth-order valence-corrected chi connectivity index (χ4v) is 2.57. The van der Waals surface area contributed by atoms with E-state index < -0.39 is 10.0 Å². The van der Waals surface area contributed by atoms with Crippen molar-refractivity contribution < 1.29 is 13.2 Å². The fraction of sp³-hybridized carbons (Fsp3) is 0.462. The molecule has 1 aromatic rings. The average molecular weight is 282 g/mol. The topological polar surface area (TPSA) is 66.5 Å². The molecule has 6 heteroatoms. The molecule has 0 bridgehead atoms. The van der Waals surface area contributed by atoms with Crippen LogP contribution in [0.2, 0.25) is 0 Å². The molecular weight excluding hydrogens is 264 g/mol. The van der Waals surface area contributed by atoms with Crippen LogP contribution in [0.4, 0.5) is 0 Å². The molecule has 0 spiro atoms. The molecule has 0 aliphatic heterocycles. The summed E-state index contributed by atoms with van der Waals surface area (Å²) in [5.74, 6) is 0.276. The Morgan fingerprint density at radius 1 is 1.26 bits per heavy atom. The molecule has 1 N–H and O–H groups in total. The van der Waals surface area contributed by atoms with Crippen LogP contribution < -0.4 is 5.32 Å². The van der Waals surface area contributed by atoms with Gasteiger partial charge in [-0.25, -0.2) is 12.7 Å². The van der Waals surface area contributed by atoms with E-state index in [0.29, 0.717) is 6.54 Å². The van der Waals surface area contributed by atoms with Gasteiger partial charge in [-0.1, -0.05) is 12.1 Å². The van der Waals surface area contributed by atoms with Gasteiger partial charge < -0.3 is 5.32 Å². The molecule has 1 aliphatic carbocycles. The highest BCUT2D eigenvalue weighted by Crippen LogP contribution is 2.28. The zero-order chi connectivity index (χ0) is 14.0. The van der Waals surface area contributed by atoms with Crippen molar-refractivity contribution in [1.82, 2.24) is 9.62 Å². The lowest BCUT2D eigenvalue weighted by molar-refractivity contribution is -0.122. The molecule has 1 amide bonds. The monoisotopic (exact) mass is 282 g/mol. The summed E-state index contributed by atoms with van der Waals surface area (Å²) in [5, 5.41) is 2.84. The number of rotatable bonds is 5. The lowest BCUT2D eigenvalue weighted by atomic mass is 10.2. The average Bonchev–Trinajstić information content (AvgIpc) is 3.20. The lowest BCUT2D eigenvalue weighted by Crippen LogP contribution is -2.24. The van der Waals surface area contributed by atoms with Crippen molar-refractivity contribution in [2.24, 2.45) is 5.92 Å². The molecule has 0 aromatic heterocycles. The maximum Gasteiger partial charge on any atom is 0.242 e. The Bertz CT molecular complexity index is 560. The summed E-state index contributed by atoms with van der Waals surface area (Å²) in [6, 6.07) is 6.58. The van der Waals surface area contributed by atoms with Crippen LogP contribution in [-0.4, -0.2) is 32.7 Å². The summed E-state index contributed by atoms with van der Waals surface area (Å²) < 4.78 is 24.9. The number of nitrogens with one attached hydrogen (secondary N) is 1. The molecule has 0 saturated heterocycles. The van der Waals surface area contributed by atoms with Crippen molar-refractivity contribution in [3.63, 3.8) is 0 Å². The molecule has 1 fully saturated rings. The summed E-state index contributed by atoms with van der Waals surface area (Å²) in [4.78, 5) is 11.7. The van der Waals surface area contributed by atoms with Gasteiger partial charge in [-0.3, -0.25) is 4.79 Å². The van der Waals surface area contributed by atoms with Gasteiger partial charge >= 0.3 is 0 Å². The van der Waals surface area contributed by atoms with E-state index in [4.69, 9.17) is 0 Å². The Balaban J connectivity index is 2.00. The number of hydrogen-bond acceptors (Lipinski definition) is 3. The maximum absolute atomic E-state index is 11.9. The van der Waals surface area contributed by atoms with Crippen LogP contribution in [0.3, 0.4) is 0 Å². The van der Waals surface area contributed by atoms with Crippen molar-refractivity contribution in [3.8, 4) is 0 Å². The van der Waals surface area contributed by atoms with Gasteiger partial charge in [-0.15, -0.1) is 0 Å². The molecule has 19 heavy (non-hydrogen) atoms. The van der Waals surface area contributed by atoms with Gasteiger partial charge in [-0.2, -0.15) is 0 Å². The van der Waals surface area contributed by atoms with E-state index in [2.05, 4.69) is 5.32 Å². The first-order valence-electron chi connectivity index (χ1n) is 6.20. The first kappa shape index (κ1) is 14.0. The minimum atomic E-state index is -3.38. The van der Waals surface area contributed by atoms with E-state index in [1.807, 2.05) is 0 Å². The second kappa shape index (κ2) is 5.30. The fourth-order valence-electron chi connectivity index (χ4n) is 1.67. The van der Waals surface area contributed by atoms with Crippen molar-refractivity contribution >= 4 is 15.9 Å². The summed E-state index contributed by atoms with van der Waals surface area (Å²) in [5.41, 5.74) is 0.895. The molecule has 0 heterocycles. The molecule has 1 aromatic carbocycles. The van der Waals surface area contributed by atoms with Crippen LogP contribution in [0.15, 0.2) is 29.2 Å². The Kier molecular flexibility index (Phi) is 3.91. The van der Waals surface area contributed by atoms with Crippen LogP contribution in [0.1, 0.15) is 18.4 Å². The van der Waals surface area contributed by atoms with E-state index in [-0.39, 0.29) is 16.7 Å². The zero-order valence-electron chi connectivity index (χ0n) is 11.1. The Hall–Kier alpha value is -1.40. The SMILES string of the molecule is CN(C)S(=O)(=O)c1ccc(CNC(=O)C2CC2)cc1. The Labute approximate surface area is 113 Å². The van der Waals surface area contributed by atoms with E-state index in [0.717, 1.165) is 18.4 Å². The lowest BCUT2D eigenvalue weighted by Gasteiger charge is -2.11. The third-order valence-electron chi connectivity index (χ3n) is 3.12. The number of sulfonamides is 1. The normalized spacial score (nSPS) is 15.5. The van der Waals surface area contributed by atoms with E-state index in [9.17, 15) is 13.2 Å². The van der Waals surface area contributed by atoms with Crippen LogP contribution in [0, 0.1) is 5.92 Å². The van der Waals surface area contributed by atoms with E-state index >= 15 is 0 Å². The zero-order valence-corrected chi connectivity index (χ0v) is 11.9. The molecule has 0 atom stereocenters. The van der Waals surface area contributed by atoms with Gasteiger partial charge in [0, 0.05) is 26.6 Å². The van der Waals surface area contributed by atoms with Gasteiger partial charge in [0.15, 0.2) is 0 Å². The molecule has 5 nitrogen and oxygen atoms in total. The number of benzene rings is 1. The molecule has 104 valence electrons. The van der Waals surface area contributed by atoms with Gasteiger partial charge in [0.2, 0.25) is 15.9 Å². The molecule has 0 unspecified atom stereocenters. The number of nitrogens with zero attached hydrogens (tertiary/aromatic N) is 1.